The molecule has 0 aromatic heterocycles. The Bertz CT molecular complexity index is 588. The zero-order valence-electron chi connectivity index (χ0n) is 11.3. The molecule has 0 saturated carbocycles. The predicted molar refractivity (Wildman–Crippen MR) is 82.3 cm³/mol. The number of halogens is 2. The zero-order chi connectivity index (χ0) is 14.5. The molecule has 20 heavy (non-hydrogen) atoms. The molecule has 2 rings (SSSR count). The molecule has 1 atom stereocenters. The molecule has 0 aliphatic rings. The van der Waals surface area contributed by atoms with Crippen molar-refractivity contribution in [1.29, 1.82) is 0 Å². The molecule has 2 aromatic rings. The number of benzene rings is 2. The number of para-hydroxylation sites is 1. The average Bonchev–Trinajstić information content (AvgIpc) is 2.45. The van der Waals surface area contributed by atoms with Gasteiger partial charge < -0.3 is 10.5 Å². The molecule has 2 N–H and O–H groups in total. The van der Waals surface area contributed by atoms with E-state index in [2.05, 4.69) is 15.9 Å². The van der Waals surface area contributed by atoms with E-state index in [-0.39, 0.29) is 11.9 Å². The summed E-state index contributed by atoms with van der Waals surface area (Å²) in [6.45, 7) is 2.53. The van der Waals surface area contributed by atoms with Crippen LogP contribution in [0.25, 0.3) is 0 Å². The van der Waals surface area contributed by atoms with Crippen molar-refractivity contribution in [3.8, 4) is 5.75 Å². The largest absolute Gasteiger partial charge is 0.494 e. The van der Waals surface area contributed by atoms with Gasteiger partial charge in [-0.15, -0.1) is 0 Å². The molecule has 0 radical (unpaired) electrons. The second kappa shape index (κ2) is 6.86. The summed E-state index contributed by atoms with van der Waals surface area (Å²) in [4.78, 5) is 0. The maximum atomic E-state index is 13.5. The SMILES string of the molecule is CCOc1ccccc1C(N)Cc1cccc(F)c1Br. The van der Waals surface area contributed by atoms with Crippen LogP contribution in [0.1, 0.15) is 24.1 Å². The molecule has 0 bridgehead atoms. The van der Waals surface area contributed by atoms with Crippen molar-refractivity contribution in [2.45, 2.75) is 19.4 Å². The summed E-state index contributed by atoms with van der Waals surface area (Å²) in [7, 11) is 0. The third-order valence-corrected chi connectivity index (χ3v) is 3.98. The third-order valence-electron chi connectivity index (χ3n) is 3.09. The smallest absolute Gasteiger partial charge is 0.137 e. The van der Waals surface area contributed by atoms with Gasteiger partial charge in [0.25, 0.3) is 0 Å². The van der Waals surface area contributed by atoms with Gasteiger partial charge in [-0.25, -0.2) is 4.39 Å². The average molecular weight is 338 g/mol. The Morgan fingerprint density at radius 3 is 2.70 bits per heavy atom. The molecule has 0 fully saturated rings. The van der Waals surface area contributed by atoms with Crippen LogP contribution in [0.3, 0.4) is 0 Å². The van der Waals surface area contributed by atoms with Crippen LogP contribution >= 0.6 is 15.9 Å². The Kier molecular flexibility index (Phi) is 5.15. The van der Waals surface area contributed by atoms with Crippen molar-refractivity contribution in [3.05, 3.63) is 63.9 Å². The standard InChI is InChI=1S/C16H17BrFNO/c1-2-20-15-9-4-3-7-12(15)14(19)10-11-6-5-8-13(18)16(11)17/h3-9,14H,2,10,19H2,1H3. The van der Waals surface area contributed by atoms with E-state index in [1.54, 1.807) is 6.07 Å². The van der Waals surface area contributed by atoms with E-state index in [0.29, 0.717) is 17.5 Å². The molecule has 2 nitrogen and oxygen atoms in total. The summed E-state index contributed by atoms with van der Waals surface area (Å²) in [5, 5.41) is 0. The molecule has 2 aromatic carbocycles. The fourth-order valence-corrected chi connectivity index (χ4v) is 2.55. The van der Waals surface area contributed by atoms with Crippen molar-refractivity contribution in [1.82, 2.24) is 0 Å². The van der Waals surface area contributed by atoms with Crippen molar-refractivity contribution >= 4 is 15.9 Å². The summed E-state index contributed by atoms with van der Waals surface area (Å²) >= 11 is 3.27. The van der Waals surface area contributed by atoms with Crippen LogP contribution in [0.5, 0.6) is 5.75 Å². The summed E-state index contributed by atoms with van der Waals surface area (Å²) in [5.74, 6) is 0.516. The maximum absolute atomic E-state index is 13.5. The van der Waals surface area contributed by atoms with Gasteiger partial charge in [-0.05, 0) is 47.0 Å². The van der Waals surface area contributed by atoms with E-state index >= 15 is 0 Å². The highest BCUT2D eigenvalue weighted by atomic mass is 79.9. The van der Waals surface area contributed by atoms with Gasteiger partial charge in [-0.3, -0.25) is 0 Å². The first-order valence-corrected chi connectivity index (χ1v) is 7.33. The van der Waals surface area contributed by atoms with E-state index < -0.39 is 0 Å². The summed E-state index contributed by atoms with van der Waals surface area (Å²) in [6, 6.07) is 12.4. The number of hydrogen-bond donors (Lipinski definition) is 1. The van der Waals surface area contributed by atoms with Gasteiger partial charge in [0.05, 0.1) is 11.1 Å². The second-order valence-corrected chi connectivity index (χ2v) is 5.29. The Labute approximate surface area is 126 Å². The second-order valence-electron chi connectivity index (χ2n) is 4.49. The van der Waals surface area contributed by atoms with Crippen LogP contribution in [0.4, 0.5) is 4.39 Å². The molecule has 106 valence electrons. The van der Waals surface area contributed by atoms with Gasteiger partial charge in [-0.2, -0.15) is 0 Å². The molecular weight excluding hydrogens is 321 g/mol. The van der Waals surface area contributed by atoms with Gasteiger partial charge in [0.2, 0.25) is 0 Å². The number of hydrogen-bond acceptors (Lipinski definition) is 2. The fourth-order valence-electron chi connectivity index (χ4n) is 2.13. The lowest BCUT2D eigenvalue weighted by Crippen LogP contribution is -2.15. The Balaban J connectivity index is 2.24. The Hall–Kier alpha value is -1.39. The Morgan fingerprint density at radius 2 is 1.95 bits per heavy atom. The minimum atomic E-state index is -0.271. The molecular formula is C16H17BrFNO. The predicted octanol–water partition coefficient (Wildman–Crippen LogP) is 4.23. The van der Waals surface area contributed by atoms with Gasteiger partial charge in [0.15, 0.2) is 0 Å². The maximum Gasteiger partial charge on any atom is 0.137 e. The van der Waals surface area contributed by atoms with E-state index in [1.165, 1.54) is 6.07 Å². The lowest BCUT2D eigenvalue weighted by Gasteiger charge is -2.17. The van der Waals surface area contributed by atoms with E-state index in [1.807, 2.05) is 37.3 Å². The lowest BCUT2D eigenvalue weighted by molar-refractivity contribution is 0.334. The number of ether oxygens (including phenoxy) is 1. The molecule has 0 saturated heterocycles. The topological polar surface area (TPSA) is 35.2 Å². The molecule has 0 spiro atoms. The van der Waals surface area contributed by atoms with Gasteiger partial charge in [0.1, 0.15) is 11.6 Å². The van der Waals surface area contributed by atoms with Crippen LogP contribution < -0.4 is 10.5 Å². The molecule has 1 unspecified atom stereocenters. The van der Waals surface area contributed by atoms with Crippen molar-refractivity contribution in [2.24, 2.45) is 5.73 Å². The van der Waals surface area contributed by atoms with Gasteiger partial charge in [-0.1, -0.05) is 30.3 Å². The molecule has 0 aliphatic heterocycles. The summed E-state index contributed by atoms with van der Waals surface area (Å²) in [5.41, 5.74) is 8.04. The van der Waals surface area contributed by atoms with Gasteiger partial charge >= 0.3 is 0 Å². The van der Waals surface area contributed by atoms with Crippen molar-refractivity contribution in [2.75, 3.05) is 6.61 Å². The van der Waals surface area contributed by atoms with E-state index in [0.717, 1.165) is 16.9 Å². The number of nitrogens with two attached hydrogens (primary N) is 1. The first-order valence-electron chi connectivity index (χ1n) is 6.53. The minimum absolute atomic E-state index is 0.240. The molecule has 4 heteroatoms. The molecule has 0 amide bonds. The van der Waals surface area contributed by atoms with Crippen LogP contribution in [0.15, 0.2) is 46.9 Å². The highest BCUT2D eigenvalue weighted by Crippen LogP contribution is 2.29. The van der Waals surface area contributed by atoms with Crippen LogP contribution in [0.2, 0.25) is 0 Å². The normalized spacial score (nSPS) is 12.2. The summed E-state index contributed by atoms with van der Waals surface area (Å²) < 4.78 is 19.6. The third kappa shape index (κ3) is 3.38. The van der Waals surface area contributed by atoms with Crippen LogP contribution in [-0.2, 0) is 6.42 Å². The van der Waals surface area contributed by atoms with Gasteiger partial charge in [0, 0.05) is 11.6 Å². The molecule has 0 heterocycles. The first-order chi connectivity index (χ1) is 9.63. The minimum Gasteiger partial charge on any atom is -0.494 e. The fraction of sp³-hybridized carbons (Fsp3) is 0.250. The quantitative estimate of drug-likeness (QED) is 0.886. The van der Waals surface area contributed by atoms with Crippen LogP contribution in [-0.4, -0.2) is 6.61 Å². The molecule has 0 aliphatic carbocycles. The summed E-state index contributed by atoms with van der Waals surface area (Å²) in [6.07, 6.45) is 0.544. The monoisotopic (exact) mass is 337 g/mol. The first kappa shape index (κ1) is 15.0. The van der Waals surface area contributed by atoms with Crippen molar-refractivity contribution < 1.29 is 9.13 Å². The zero-order valence-corrected chi connectivity index (χ0v) is 12.9. The van der Waals surface area contributed by atoms with Crippen LogP contribution in [0, 0.1) is 5.82 Å². The number of rotatable bonds is 5. The highest BCUT2D eigenvalue weighted by Gasteiger charge is 2.15. The Morgan fingerprint density at radius 1 is 1.20 bits per heavy atom. The lowest BCUT2D eigenvalue weighted by atomic mass is 9.99. The van der Waals surface area contributed by atoms with E-state index in [9.17, 15) is 4.39 Å². The highest BCUT2D eigenvalue weighted by molar-refractivity contribution is 9.10. The van der Waals surface area contributed by atoms with E-state index in [4.69, 9.17) is 10.5 Å². The van der Waals surface area contributed by atoms with Crippen molar-refractivity contribution in [3.63, 3.8) is 0 Å².